The number of anilines is 1. The van der Waals surface area contributed by atoms with Gasteiger partial charge in [0.25, 0.3) is 0 Å². The van der Waals surface area contributed by atoms with Crippen molar-refractivity contribution in [3.8, 4) is 5.75 Å². The molecule has 0 saturated heterocycles. The number of ether oxygens (including phenoxy) is 1. The van der Waals surface area contributed by atoms with Gasteiger partial charge in [0.05, 0.1) is 10.9 Å². The van der Waals surface area contributed by atoms with E-state index in [1.54, 1.807) is 18.2 Å². The first-order valence-electron chi connectivity index (χ1n) is 7.01. The molecular weight excluding hydrogens is 321 g/mol. The van der Waals surface area contributed by atoms with Crippen LogP contribution in [0.15, 0.2) is 36.4 Å². The quantitative estimate of drug-likeness (QED) is 0.671. The van der Waals surface area contributed by atoms with Crippen molar-refractivity contribution in [2.45, 2.75) is 19.3 Å². The van der Waals surface area contributed by atoms with Crippen LogP contribution in [0.3, 0.4) is 0 Å². The van der Waals surface area contributed by atoms with Crippen LogP contribution < -0.4 is 10.1 Å². The molecule has 0 radical (unpaired) electrons. The molecule has 0 aromatic heterocycles. The van der Waals surface area contributed by atoms with Gasteiger partial charge in [-0.2, -0.15) is 0 Å². The molecule has 1 heterocycles. The first-order chi connectivity index (χ1) is 10.9. The molecule has 1 aliphatic heterocycles. The summed E-state index contributed by atoms with van der Waals surface area (Å²) in [5, 5.41) is 2.87. The van der Waals surface area contributed by atoms with Gasteiger partial charge in [0.15, 0.2) is 0 Å². The predicted molar refractivity (Wildman–Crippen MR) is 84.2 cm³/mol. The molecule has 0 bridgehead atoms. The third-order valence-electron chi connectivity index (χ3n) is 3.64. The summed E-state index contributed by atoms with van der Waals surface area (Å²) in [6, 6.07) is 8.99. The number of benzene rings is 2. The van der Waals surface area contributed by atoms with Gasteiger partial charge in [-0.05, 0) is 42.3 Å². The molecule has 1 aliphatic rings. The lowest BCUT2D eigenvalue weighted by atomic mass is 9.90. The van der Waals surface area contributed by atoms with Crippen LogP contribution in [0.5, 0.6) is 5.75 Å². The molecule has 0 fully saturated rings. The van der Waals surface area contributed by atoms with Gasteiger partial charge < -0.3 is 10.1 Å². The standard InChI is InChI=1S/C17H13ClFNO3/c1-9-2-5-13(18)15(6-9)23-17(22)12-8-16(21)20-14-7-10(19)3-4-11(12)14/h2-7,12H,8H2,1H3,(H,20,21). The van der Waals surface area contributed by atoms with Gasteiger partial charge in [0, 0.05) is 12.1 Å². The Bertz CT molecular complexity index is 806. The predicted octanol–water partition coefficient (Wildman–Crippen LogP) is 3.82. The second-order valence-electron chi connectivity index (χ2n) is 5.39. The maximum Gasteiger partial charge on any atom is 0.319 e. The van der Waals surface area contributed by atoms with E-state index in [2.05, 4.69) is 5.32 Å². The molecule has 6 heteroatoms. The van der Waals surface area contributed by atoms with Crippen LogP contribution in [0.1, 0.15) is 23.5 Å². The van der Waals surface area contributed by atoms with E-state index in [9.17, 15) is 14.0 Å². The molecule has 1 N–H and O–H groups in total. The smallest absolute Gasteiger partial charge is 0.319 e. The third-order valence-corrected chi connectivity index (χ3v) is 3.95. The van der Waals surface area contributed by atoms with Crippen molar-refractivity contribution in [2.75, 3.05) is 5.32 Å². The van der Waals surface area contributed by atoms with E-state index in [0.29, 0.717) is 16.3 Å². The summed E-state index contributed by atoms with van der Waals surface area (Å²) in [6.45, 7) is 1.85. The Morgan fingerprint density at radius 1 is 1.30 bits per heavy atom. The van der Waals surface area contributed by atoms with Crippen molar-refractivity contribution in [2.24, 2.45) is 0 Å². The van der Waals surface area contributed by atoms with Crippen molar-refractivity contribution >= 4 is 29.2 Å². The van der Waals surface area contributed by atoms with Crippen LogP contribution in [0.2, 0.25) is 5.02 Å². The number of rotatable bonds is 2. The number of fused-ring (bicyclic) bond motifs is 1. The number of carbonyl (C=O) groups is 2. The molecule has 1 atom stereocenters. The summed E-state index contributed by atoms with van der Waals surface area (Å²) in [5.74, 6) is -2.00. The molecular formula is C17H13ClFNO3. The summed E-state index contributed by atoms with van der Waals surface area (Å²) in [6.07, 6.45) is -0.0547. The molecule has 4 nitrogen and oxygen atoms in total. The normalized spacial score (nSPS) is 16.5. The van der Waals surface area contributed by atoms with Gasteiger partial charge in [-0.3, -0.25) is 9.59 Å². The highest BCUT2D eigenvalue weighted by atomic mass is 35.5. The number of esters is 1. The Balaban J connectivity index is 1.91. The Morgan fingerprint density at radius 3 is 2.87 bits per heavy atom. The molecule has 2 aromatic rings. The summed E-state index contributed by atoms with van der Waals surface area (Å²) in [4.78, 5) is 24.2. The molecule has 3 rings (SSSR count). The number of hydrogen-bond donors (Lipinski definition) is 1. The van der Waals surface area contributed by atoms with Crippen LogP contribution in [-0.2, 0) is 9.59 Å². The fourth-order valence-electron chi connectivity index (χ4n) is 2.52. The van der Waals surface area contributed by atoms with E-state index in [0.717, 1.165) is 5.56 Å². The maximum absolute atomic E-state index is 13.3. The molecule has 1 unspecified atom stereocenters. The van der Waals surface area contributed by atoms with E-state index in [1.165, 1.54) is 18.2 Å². The average molecular weight is 334 g/mol. The fourth-order valence-corrected chi connectivity index (χ4v) is 2.67. The lowest BCUT2D eigenvalue weighted by Gasteiger charge is -2.24. The second-order valence-corrected chi connectivity index (χ2v) is 5.80. The summed E-state index contributed by atoms with van der Waals surface area (Å²) >= 11 is 6.02. The number of nitrogens with one attached hydrogen (secondary N) is 1. The Hall–Kier alpha value is -2.40. The van der Waals surface area contributed by atoms with Gasteiger partial charge >= 0.3 is 5.97 Å². The largest absolute Gasteiger partial charge is 0.424 e. The van der Waals surface area contributed by atoms with E-state index < -0.39 is 17.7 Å². The van der Waals surface area contributed by atoms with Crippen molar-refractivity contribution in [3.05, 3.63) is 58.4 Å². The molecule has 23 heavy (non-hydrogen) atoms. The minimum Gasteiger partial charge on any atom is -0.424 e. The first-order valence-corrected chi connectivity index (χ1v) is 7.39. The minimum atomic E-state index is -0.795. The number of hydrogen-bond acceptors (Lipinski definition) is 3. The average Bonchev–Trinajstić information content (AvgIpc) is 2.49. The van der Waals surface area contributed by atoms with Crippen LogP contribution >= 0.6 is 11.6 Å². The summed E-state index contributed by atoms with van der Waals surface area (Å²) in [7, 11) is 0. The second kappa shape index (κ2) is 6.01. The Labute approximate surface area is 137 Å². The molecule has 118 valence electrons. The minimum absolute atomic E-state index is 0.0547. The number of carbonyl (C=O) groups excluding carboxylic acids is 2. The van der Waals surface area contributed by atoms with E-state index in [1.807, 2.05) is 6.92 Å². The van der Waals surface area contributed by atoms with Crippen LogP contribution in [0.25, 0.3) is 0 Å². The Kier molecular flexibility index (Phi) is 4.05. The highest BCUT2D eigenvalue weighted by molar-refractivity contribution is 6.32. The monoisotopic (exact) mass is 333 g/mol. The summed E-state index contributed by atoms with van der Waals surface area (Å²) < 4.78 is 18.7. The van der Waals surface area contributed by atoms with Gasteiger partial charge in [-0.25, -0.2) is 4.39 Å². The van der Waals surface area contributed by atoms with Crippen LogP contribution in [0.4, 0.5) is 10.1 Å². The zero-order valence-electron chi connectivity index (χ0n) is 12.2. The SMILES string of the molecule is Cc1ccc(Cl)c(OC(=O)C2CC(=O)Nc3cc(F)ccc32)c1. The van der Waals surface area contributed by atoms with Crippen molar-refractivity contribution in [3.63, 3.8) is 0 Å². The van der Waals surface area contributed by atoms with E-state index in [4.69, 9.17) is 16.3 Å². The summed E-state index contributed by atoms with van der Waals surface area (Å²) in [5.41, 5.74) is 1.71. The molecule has 0 saturated carbocycles. The van der Waals surface area contributed by atoms with Gasteiger partial charge in [-0.1, -0.05) is 23.7 Å². The first kappa shape index (κ1) is 15.5. The highest BCUT2D eigenvalue weighted by Gasteiger charge is 2.32. The molecule has 2 aromatic carbocycles. The van der Waals surface area contributed by atoms with Gasteiger partial charge in [0.1, 0.15) is 11.6 Å². The number of halogens is 2. The molecule has 1 amide bonds. The maximum atomic E-state index is 13.3. The van der Waals surface area contributed by atoms with Gasteiger partial charge in [-0.15, -0.1) is 0 Å². The Morgan fingerprint density at radius 2 is 2.09 bits per heavy atom. The number of aryl methyl sites for hydroxylation is 1. The molecule has 0 spiro atoms. The lowest BCUT2D eigenvalue weighted by molar-refractivity contribution is -0.138. The van der Waals surface area contributed by atoms with Gasteiger partial charge in [0.2, 0.25) is 5.91 Å². The zero-order valence-corrected chi connectivity index (χ0v) is 13.0. The van der Waals surface area contributed by atoms with Crippen LogP contribution in [-0.4, -0.2) is 11.9 Å². The van der Waals surface area contributed by atoms with Crippen molar-refractivity contribution < 1.29 is 18.7 Å². The highest BCUT2D eigenvalue weighted by Crippen LogP contribution is 2.35. The topological polar surface area (TPSA) is 55.4 Å². The van der Waals surface area contributed by atoms with Crippen molar-refractivity contribution in [1.82, 2.24) is 0 Å². The van der Waals surface area contributed by atoms with E-state index in [-0.39, 0.29) is 18.1 Å². The lowest BCUT2D eigenvalue weighted by Crippen LogP contribution is -2.30. The zero-order chi connectivity index (χ0) is 16.6. The van der Waals surface area contributed by atoms with E-state index >= 15 is 0 Å². The third kappa shape index (κ3) is 3.19. The van der Waals surface area contributed by atoms with Crippen LogP contribution in [0, 0.1) is 12.7 Å². The molecule has 0 aliphatic carbocycles. The van der Waals surface area contributed by atoms with Crippen molar-refractivity contribution in [1.29, 1.82) is 0 Å². The fraction of sp³-hybridized carbons (Fsp3) is 0.176. The number of amides is 1.